The maximum Gasteiger partial charge on any atom is 0.269 e. The topological polar surface area (TPSA) is 69.8 Å². The molecule has 4 aromatic rings. The maximum atomic E-state index is 13.6. The second-order valence-electron chi connectivity index (χ2n) is 8.33. The zero-order chi connectivity index (χ0) is 22.5. The second kappa shape index (κ2) is 7.51. The molecule has 0 aliphatic heterocycles. The highest BCUT2D eigenvalue weighted by Crippen LogP contribution is 2.42. The molecule has 1 saturated carbocycles. The first-order valence-corrected chi connectivity index (χ1v) is 11.9. The summed E-state index contributed by atoms with van der Waals surface area (Å²) in [5.74, 6) is -2.63. The molecule has 1 aromatic carbocycles. The number of benzene rings is 1. The van der Waals surface area contributed by atoms with Gasteiger partial charge in [-0.05, 0) is 42.5 Å². The van der Waals surface area contributed by atoms with Crippen molar-refractivity contribution in [3.05, 3.63) is 66.7 Å². The van der Waals surface area contributed by atoms with Crippen molar-refractivity contribution >= 4 is 21.1 Å². The van der Waals surface area contributed by atoms with Gasteiger partial charge in [-0.2, -0.15) is 5.10 Å². The zero-order valence-electron chi connectivity index (χ0n) is 17.4. The molecule has 0 saturated heterocycles. The van der Waals surface area contributed by atoms with Gasteiger partial charge < -0.3 is 0 Å². The Labute approximate surface area is 184 Å². The van der Waals surface area contributed by atoms with E-state index in [9.17, 15) is 17.2 Å². The largest absolute Gasteiger partial charge is 0.275 e. The summed E-state index contributed by atoms with van der Waals surface area (Å²) in [6.07, 6.45) is 7.14. The lowest BCUT2D eigenvalue weighted by molar-refractivity contribution is -0.0382. The highest BCUT2D eigenvalue weighted by atomic mass is 32.2. The Morgan fingerprint density at radius 2 is 1.78 bits per heavy atom. The van der Waals surface area contributed by atoms with E-state index in [0.717, 1.165) is 11.1 Å². The Balaban J connectivity index is 1.67. The molecule has 3 heterocycles. The Morgan fingerprint density at radius 1 is 1.06 bits per heavy atom. The van der Waals surface area contributed by atoms with Crippen LogP contribution in [-0.2, 0) is 17.1 Å². The van der Waals surface area contributed by atoms with Crippen LogP contribution in [0.1, 0.15) is 37.2 Å². The Morgan fingerprint density at radius 3 is 2.44 bits per heavy atom. The monoisotopic (exact) mass is 456 g/mol. The van der Waals surface area contributed by atoms with E-state index in [1.807, 2.05) is 12.3 Å². The van der Waals surface area contributed by atoms with E-state index in [0.29, 0.717) is 29.4 Å². The Kier molecular flexibility index (Phi) is 4.88. The number of alkyl halides is 2. The summed E-state index contributed by atoms with van der Waals surface area (Å²) in [6.45, 7) is 0. The van der Waals surface area contributed by atoms with Gasteiger partial charge >= 0.3 is 0 Å². The van der Waals surface area contributed by atoms with E-state index in [1.165, 1.54) is 3.97 Å². The van der Waals surface area contributed by atoms with Gasteiger partial charge in [-0.25, -0.2) is 26.2 Å². The third-order valence-corrected chi connectivity index (χ3v) is 7.80. The van der Waals surface area contributed by atoms with Crippen molar-refractivity contribution in [2.24, 2.45) is 7.05 Å². The van der Waals surface area contributed by atoms with Crippen molar-refractivity contribution in [3.8, 4) is 11.1 Å². The van der Waals surface area contributed by atoms with Crippen molar-refractivity contribution in [2.45, 2.75) is 42.4 Å². The number of pyridine rings is 1. The van der Waals surface area contributed by atoms with Crippen molar-refractivity contribution in [1.29, 1.82) is 0 Å². The van der Waals surface area contributed by atoms with Gasteiger partial charge in [0.2, 0.25) is 5.92 Å². The molecule has 0 amide bonds. The first-order valence-electron chi connectivity index (χ1n) is 10.4. The van der Waals surface area contributed by atoms with Crippen molar-refractivity contribution in [3.63, 3.8) is 0 Å². The maximum absolute atomic E-state index is 13.6. The summed E-state index contributed by atoms with van der Waals surface area (Å²) in [7, 11) is -2.08. The Hall–Kier alpha value is -3.07. The van der Waals surface area contributed by atoms with Gasteiger partial charge in [0.15, 0.2) is 5.65 Å². The predicted octanol–water partition coefficient (Wildman–Crippen LogP) is 4.97. The van der Waals surface area contributed by atoms with Crippen LogP contribution in [0.4, 0.5) is 8.78 Å². The predicted molar refractivity (Wildman–Crippen MR) is 117 cm³/mol. The van der Waals surface area contributed by atoms with Gasteiger partial charge in [-0.3, -0.25) is 4.68 Å². The van der Waals surface area contributed by atoms with Crippen LogP contribution in [0.2, 0.25) is 0 Å². The van der Waals surface area contributed by atoms with Crippen LogP contribution in [0.5, 0.6) is 0 Å². The number of rotatable bonds is 4. The number of aryl methyl sites for hydroxylation is 1. The van der Waals surface area contributed by atoms with Crippen molar-refractivity contribution in [1.82, 2.24) is 18.7 Å². The summed E-state index contributed by atoms with van der Waals surface area (Å²) >= 11 is 0. The van der Waals surface area contributed by atoms with Gasteiger partial charge in [-0.15, -0.1) is 0 Å². The minimum Gasteiger partial charge on any atom is -0.275 e. The molecule has 0 N–H and O–H groups in total. The van der Waals surface area contributed by atoms with Gasteiger partial charge in [0.05, 0.1) is 11.1 Å². The summed E-state index contributed by atoms with van der Waals surface area (Å²) in [5.41, 5.74) is 2.60. The van der Waals surface area contributed by atoms with Crippen LogP contribution < -0.4 is 0 Å². The molecule has 9 heteroatoms. The normalized spacial score (nSPS) is 17.1. The molecular formula is C23H22F2N4O2S. The molecule has 0 atom stereocenters. The summed E-state index contributed by atoms with van der Waals surface area (Å²) in [5, 5.41) is 4.87. The van der Waals surface area contributed by atoms with Gasteiger partial charge in [0, 0.05) is 55.0 Å². The standard InChI is InChI=1S/C23H22F2N4O2S/c1-28-14-18(13-27-28)21-15-29(32(30,31)19-5-3-2-4-6-19)22-20(21)11-17(12-26-22)16-7-9-23(24,25)10-8-16/h2-6,11-16H,7-10H2,1H3. The number of nitrogens with zero attached hydrogens (tertiary/aromatic N) is 4. The lowest BCUT2D eigenvalue weighted by Crippen LogP contribution is -2.23. The quantitative estimate of drug-likeness (QED) is 0.435. The van der Waals surface area contributed by atoms with E-state index < -0.39 is 15.9 Å². The summed E-state index contributed by atoms with van der Waals surface area (Å²) in [4.78, 5) is 4.67. The molecule has 32 heavy (non-hydrogen) atoms. The molecule has 166 valence electrons. The molecule has 1 aliphatic carbocycles. The third-order valence-electron chi connectivity index (χ3n) is 6.14. The van der Waals surface area contributed by atoms with Crippen molar-refractivity contribution < 1.29 is 17.2 Å². The van der Waals surface area contributed by atoms with Crippen molar-refractivity contribution in [2.75, 3.05) is 0 Å². The molecule has 0 bridgehead atoms. The molecule has 0 radical (unpaired) electrons. The first-order chi connectivity index (χ1) is 15.2. The lowest BCUT2D eigenvalue weighted by Gasteiger charge is -2.28. The second-order valence-corrected chi connectivity index (χ2v) is 10.1. The fraction of sp³-hybridized carbons (Fsp3) is 0.304. The third kappa shape index (κ3) is 3.60. The SMILES string of the molecule is Cn1cc(-c2cn(S(=O)(=O)c3ccccc3)c3ncc(C4CCC(F)(F)CC4)cc23)cn1. The number of halogens is 2. The van der Waals surface area contributed by atoms with Crippen LogP contribution in [0, 0.1) is 0 Å². The van der Waals surface area contributed by atoms with Crippen LogP contribution in [0.3, 0.4) is 0 Å². The van der Waals surface area contributed by atoms with E-state index in [2.05, 4.69) is 10.1 Å². The molecule has 1 fully saturated rings. The number of hydrogen-bond acceptors (Lipinski definition) is 4. The number of fused-ring (bicyclic) bond motifs is 1. The average molecular weight is 457 g/mol. The molecule has 6 nitrogen and oxygen atoms in total. The summed E-state index contributed by atoms with van der Waals surface area (Å²) < 4.78 is 56.9. The van der Waals surface area contributed by atoms with E-state index in [4.69, 9.17) is 0 Å². The van der Waals surface area contributed by atoms with Gasteiger partial charge in [0.1, 0.15) is 0 Å². The van der Waals surface area contributed by atoms with Crippen LogP contribution in [-0.4, -0.2) is 33.1 Å². The van der Waals surface area contributed by atoms with E-state index in [-0.39, 0.29) is 23.7 Å². The first kappa shape index (κ1) is 20.8. The average Bonchev–Trinajstić information content (AvgIpc) is 3.37. The highest BCUT2D eigenvalue weighted by molar-refractivity contribution is 7.90. The smallest absolute Gasteiger partial charge is 0.269 e. The van der Waals surface area contributed by atoms with Crippen LogP contribution in [0.15, 0.2) is 66.1 Å². The minimum absolute atomic E-state index is 0.0256. The van der Waals surface area contributed by atoms with Gasteiger partial charge in [0.25, 0.3) is 10.0 Å². The van der Waals surface area contributed by atoms with Crippen LogP contribution in [0.25, 0.3) is 22.2 Å². The minimum atomic E-state index is -3.87. The molecule has 1 aliphatic rings. The molecule has 3 aromatic heterocycles. The zero-order valence-corrected chi connectivity index (χ0v) is 18.3. The molecule has 0 unspecified atom stereocenters. The lowest BCUT2D eigenvalue weighted by atomic mass is 9.82. The number of aromatic nitrogens is 4. The number of hydrogen-bond donors (Lipinski definition) is 0. The summed E-state index contributed by atoms with van der Waals surface area (Å²) in [6, 6.07) is 10.1. The van der Waals surface area contributed by atoms with E-state index in [1.54, 1.807) is 60.7 Å². The fourth-order valence-corrected chi connectivity index (χ4v) is 5.72. The fourth-order valence-electron chi connectivity index (χ4n) is 4.37. The highest BCUT2D eigenvalue weighted by Gasteiger charge is 2.35. The van der Waals surface area contributed by atoms with E-state index >= 15 is 0 Å². The molecule has 0 spiro atoms. The van der Waals surface area contributed by atoms with Gasteiger partial charge in [-0.1, -0.05) is 18.2 Å². The molecular weight excluding hydrogens is 434 g/mol. The molecule has 5 rings (SSSR count). The Bertz CT molecular complexity index is 1380. The van der Waals surface area contributed by atoms with Crippen LogP contribution >= 0.6 is 0 Å².